The van der Waals surface area contributed by atoms with Crippen molar-refractivity contribution in [1.29, 1.82) is 0 Å². The van der Waals surface area contributed by atoms with Crippen LogP contribution in [-0.4, -0.2) is 11.7 Å². The molecule has 3 nitrogen and oxygen atoms in total. The predicted molar refractivity (Wildman–Crippen MR) is 62.8 cm³/mol. The van der Waals surface area contributed by atoms with Gasteiger partial charge < -0.3 is 15.3 Å². The van der Waals surface area contributed by atoms with Gasteiger partial charge in [0.25, 0.3) is 0 Å². The van der Waals surface area contributed by atoms with Crippen LogP contribution in [0.1, 0.15) is 44.5 Å². The molecule has 1 heterocycles. The van der Waals surface area contributed by atoms with Crippen LogP contribution < -0.4 is 5.73 Å². The normalized spacial score (nSPS) is 32.6. The highest BCUT2D eigenvalue weighted by Gasteiger charge is 2.41. The van der Waals surface area contributed by atoms with E-state index in [9.17, 15) is 5.11 Å². The lowest BCUT2D eigenvalue weighted by atomic mass is 9.66. The minimum absolute atomic E-state index is 0.185. The molecule has 0 bridgehead atoms. The van der Waals surface area contributed by atoms with Crippen LogP contribution >= 0.6 is 0 Å². The lowest BCUT2D eigenvalue weighted by molar-refractivity contribution is -0.0255. The Balaban J connectivity index is 2.20. The van der Waals surface area contributed by atoms with Crippen molar-refractivity contribution >= 4 is 0 Å². The van der Waals surface area contributed by atoms with Crippen LogP contribution in [0.3, 0.4) is 0 Å². The molecule has 0 spiro atoms. The molecule has 3 heteroatoms. The van der Waals surface area contributed by atoms with Gasteiger partial charge in [-0.15, -0.1) is 0 Å². The van der Waals surface area contributed by atoms with Crippen LogP contribution in [0.4, 0.5) is 0 Å². The standard InChI is InChI=1S/C13H21NO2/c1-10-4-2-6-13(8-10,9-14)12(15)11-5-3-7-16-11/h3,5,7,10,12,15H,2,4,6,8-9,14H2,1H3. The van der Waals surface area contributed by atoms with Crippen molar-refractivity contribution < 1.29 is 9.52 Å². The summed E-state index contributed by atoms with van der Waals surface area (Å²) >= 11 is 0. The molecule has 90 valence electrons. The maximum Gasteiger partial charge on any atom is 0.132 e. The van der Waals surface area contributed by atoms with Gasteiger partial charge in [0, 0.05) is 12.0 Å². The number of aliphatic hydroxyl groups is 1. The van der Waals surface area contributed by atoms with Gasteiger partial charge in [-0.2, -0.15) is 0 Å². The maximum atomic E-state index is 10.4. The summed E-state index contributed by atoms with van der Waals surface area (Å²) in [7, 11) is 0. The summed E-state index contributed by atoms with van der Waals surface area (Å²) in [4.78, 5) is 0. The average Bonchev–Trinajstić information content (AvgIpc) is 2.81. The smallest absolute Gasteiger partial charge is 0.132 e. The molecule has 16 heavy (non-hydrogen) atoms. The van der Waals surface area contributed by atoms with Crippen molar-refractivity contribution in [1.82, 2.24) is 0 Å². The lowest BCUT2D eigenvalue weighted by Gasteiger charge is -2.42. The first kappa shape index (κ1) is 11.7. The molecule has 1 aliphatic carbocycles. The molecule has 0 amide bonds. The molecular formula is C13H21NO2. The Kier molecular flexibility index (Phi) is 3.36. The zero-order valence-electron chi connectivity index (χ0n) is 9.86. The first-order valence-corrected chi connectivity index (χ1v) is 6.09. The van der Waals surface area contributed by atoms with E-state index >= 15 is 0 Å². The van der Waals surface area contributed by atoms with Gasteiger partial charge in [-0.1, -0.05) is 19.8 Å². The van der Waals surface area contributed by atoms with E-state index in [1.807, 2.05) is 12.1 Å². The fraction of sp³-hybridized carbons (Fsp3) is 0.692. The molecule has 0 aliphatic heterocycles. The molecule has 3 atom stereocenters. The van der Waals surface area contributed by atoms with Crippen molar-refractivity contribution in [2.75, 3.05) is 6.54 Å². The second kappa shape index (κ2) is 4.60. The molecule has 1 aromatic heterocycles. The third kappa shape index (κ3) is 2.02. The zero-order valence-corrected chi connectivity index (χ0v) is 9.86. The average molecular weight is 223 g/mol. The van der Waals surface area contributed by atoms with E-state index in [1.165, 1.54) is 6.42 Å². The molecule has 0 saturated heterocycles. The van der Waals surface area contributed by atoms with Crippen molar-refractivity contribution in [2.24, 2.45) is 17.1 Å². The Labute approximate surface area is 96.6 Å². The van der Waals surface area contributed by atoms with Gasteiger partial charge in [0.05, 0.1) is 6.26 Å². The zero-order chi connectivity index (χ0) is 11.6. The minimum Gasteiger partial charge on any atom is -0.467 e. The molecule has 3 N–H and O–H groups in total. The van der Waals surface area contributed by atoms with Crippen LogP contribution in [0.2, 0.25) is 0 Å². The fourth-order valence-electron chi connectivity index (χ4n) is 2.99. The van der Waals surface area contributed by atoms with Crippen LogP contribution in [0, 0.1) is 11.3 Å². The van der Waals surface area contributed by atoms with Gasteiger partial charge in [-0.3, -0.25) is 0 Å². The van der Waals surface area contributed by atoms with Gasteiger partial charge in [-0.25, -0.2) is 0 Å². The van der Waals surface area contributed by atoms with E-state index in [-0.39, 0.29) is 5.41 Å². The Morgan fingerprint density at radius 3 is 3.06 bits per heavy atom. The fourth-order valence-corrected chi connectivity index (χ4v) is 2.99. The van der Waals surface area contributed by atoms with Crippen molar-refractivity contribution in [3.8, 4) is 0 Å². The Bertz CT molecular complexity index is 323. The molecule has 1 aliphatic rings. The minimum atomic E-state index is -0.560. The molecular weight excluding hydrogens is 202 g/mol. The summed E-state index contributed by atoms with van der Waals surface area (Å²) in [5, 5.41) is 10.4. The second-order valence-corrected chi connectivity index (χ2v) is 5.19. The number of aliphatic hydroxyl groups excluding tert-OH is 1. The number of hydrogen-bond acceptors (Lipinski definition) is 3. The third-order valence-electron chi connectivity index (χ3n) is 3.93. The quantitative estimate of drug-likeness (QED) is 0.827. The van der Waals surface area contributed by atoms with Crippen LogP contribution in [-0.2, 0) is 0 Å². The summed E-state index contributed by atoms with van der Waals surface area (Å²) in [5.41, 5.74) is 5.72. The Morgan fingerprint density at radius 1 is 1.69 bits per heavy atom. The van der Waals surface area contributed by atoms with Crippen molar-refractivity contribution in [2.45, 2.75) is 38.7 Å². The molecule has 0 aromatic carbocycles. The highest BCUT2D eigenvalue weighted by atomic mass is 16.4. The molecule has 1 aromatic rings. The van der Waals surface area contributed by atoms with Gasteiger partial charge >= 0.3 is 0 Å². The summed E-state index contributed by atoms with van der Waals surface area (Å²) < 4.78 is 5.31. The number of rotatable bonds is 3. The molecule has 3 unspecified atom stereocenters. The van der Waals surface area contributed by atoms with Crippen LogP contribution in [0.25, 0.3) is 0 Å². The van der Waals surface area contributed by atoms with Gasteiger partial charge in [0.15, 0.2) is 0 Å². The van der Waals surface area contributed by atoms with Crippen LogP contribution in [0.15, 0.2) is 22.8 Å². The summed E-state index contributed by atoms with van der Waals surface area (Å²) in [6, 6.07) is 3.65. The number of nitrogens with two attached hydrogens (primary N) is 1. The highest BCUT2D eigenvalue weighted by Crippen LogP contribution is 2.47. The van der Waals surface area contributed by atoms with E-state index in [0.29, 0.717) is 18.2 Å². The van der Waals surface area contributed by atoms with Gasteiger partial charge in [0.2, 0.25) is 0 Å². The van der Waals surface area contributed by atoms with E-state index in [0.717, 1.165) is 19.3 Å². The van der Waals surface area contributed by atoms with Gasteiger partial charge in [0.1, 0.15) is 11.9 Å². The van der Waals surface area contributed by atoms with Crippen molar-refractivity contribution in [3.05, 3.63) is 24.2 Å². The predicted octanol–water partition coefficient (Wildman–Crippen LogP) is 2.47. The Hall–Kier alpha value is -0.800. The molecule has 0 radical (unpaired) electrons. The molecule has 2 rings (SSSR count). The molecule has 1 saturated carbocycles. The summed E-state index contributed by atoms with van der Waals surface area (Å²) in [6.45, 7) is 2.76. The highest BCUT2D eigenvalue weighted by molar-refractivity contribution is 5.08. The van der Waals surface area contributed by atoms with Crippen molar-refractivity contribution in [3.63, 3.8) is 0 Å². The second-order valence-electron chi connectivity index (χ2n) is 5.19. The Morgan fingerprint density at radius 2 is 2.50 bits per heavy atom. The van der Waals surface area contributed by atoms with E-state index in [4.69, 9.17) is 10.2 Å². The van der Waals surface area contributed by atoms with Crippen LogP contribution in [0.5, 0.6) is 0 Å². The largest absolute Gasteiger partial charge is 0.467 e. The topological polar surface area (TPSA) is 59.4 Å². The number of hydrogen-bond donors (Lipinski definition) is 2. The van der Waals surface area contributed by atoms with E-state index < -0.39 is 6.10 Å². The first-order valence-electron chi connectivity index (χ1n) is 6.09. The van der Waals surface area contributed by atoms with Gasteiger partial charge in [-0.05, 0) is 30.9 Å². The van der Waals surface area contributed by atoms with E-state index in [2.05, 4.69) is 6.92 Å². The summed E-state index contributed by atoms with van der Waals surface area (Å²) in [5.74, 6) is 1.29. The first-order chi connectivity index (χ1) is 7.68. The lowest BCUT2D eigenvalue weighted by Crippen LogP contribution is -2.40. The summed E-state index contributed by atoms with van der Waals surface area (Å²) in [6.07, 6.45) is 5.43. The van der Waals surface area contributed by atoms with E-state index in [1.54, 1.807) is 6.26 Å². The SMILES string of the molecule is CC1CCCC(CN)(C(O)c2ccco2)C1. The number of furan rings is 1. The maximum absolute atomic E-state index is 10.4. The monoisotopic (exact) mass is 223 g/mol. The third-order valence-corrected chi connectivity index (χ3v) is 3.93. The molecule has 1 fully saturated rings.